The third kappa shape index (κ3) is 5.36. The fraction of sp³-hybridized carbons (Fsp3) is 0.227. The summed E-state index contributed by atoms with van der Waals surface area (Å²) in [5, 5.41) is 4.39. The summed E-state index contributed by atoms with van der Waals surface area (Å²) in [5.41, 5.74) is 11.9. The van der Waals surface area contributed by atoms with Gasteiger partial charge in [0, 0.05) is 0 Å². The van der Waals surface area contributed by atoms with Crippen molar-refractivity contribution in [3.8, 4) is 11.5 Å². The third-order valence-electron chi connectivity index (χ3n) is 4.34. The molecule has 0 radical (unpaired) electrons. The van der Waals surface area contributed by atoms with Crippen LogP contribution in [0.4, 0.5) is 5.13 Å². The molecule has 1 amide bonds. The smallest absolute Gasteiger partial charge is 0.283 e. The number of nitrogens with one attached hydrogen (secondary N) is 1. The zero-order valence-corrected chi connectivity index (χ0v) is 18.0. The van der Waals surface area contributed by atoms with E-state index in [1.165, 1.54) is 5.56 Å². The topological polar surface area (TPSA) is 98.8 Å². The number of hydrogen-bond donors (Lipinski definition) is 2. The molecule has 7 nitrogen and oxygen atoms in total. The van der Waals surface area contributed by atoms with E-state index in [1.807, 2.05) is 50.2 Å². The number of amides is 1. The summed E-state index contributed by atoms with van der Waals surface area (Å²) in [6.45, 7) is 4.41. The first-order valence-electron chi connectivity index (χ1n) is 9.45. The number of nitrogens with zero attached hydrogens (tertiary/aromatic N) is 2. The largest absolute Gasteiger partial charge is 0.493 e. The molecule has 0 bridgehead atoms. The van der Waals surface area contributed by atoms with Crippen molar-refractivity contribution in [2.45, 2.75) is 26.9 Å². The molecule has 0 aliphatic rings. The van der Waals surface area contributed by atoms with Crippen molar-refractivity contribution in [3.05, 3.63) is 69.7 Å². The standard InChI is InChI=1S/C22H24N4O3S/c1-4-17-20(30-22(23)25-17)21(27)26-24-12-16-9-10-18(19(11-16)28-3)29-13-15-7-5-14(2)6-8-15/h5-12H,4,13H2,1-3H3,(H2,23,25)(H,26,27)/b24-12-. The summed E-state index contributed by atoms with van der Waals surface area (Å²) in [4.78, 5) is 16.9. The van der Waals surface area contributed by atoms with Crippen LogP contribution in [0, 0.1) is 6.92 Å². The Morgan fingerprint density at radius 1 is 1.23 bits per heavy atom. The minimum atomic E-state index is -0.331. The summed E-state index contributed by atoms with van der Waals surface area (Å²) in [6, 6.07) is 13.6. The number of benzene rings is 2. The van der Waals surface area contributed by atoms with Gasteiger partial charge in [0.05, 0.1) is 19.0 Å². The van der Waals surface area contributed by atoms with E-state index in [2.05, 4.69) is 15.5 Å². The van der Waals surface area contributed by atoms with Crippen LogP contribution >= 0.6 is 11.3 Å². The van der Waals surface area contributed by atoms with Crippen LogP contribution in [0.5, 0.6) is 11.5 Å². The van der Waals surface area contributed by atoms with Crippen LogP contribution in [0.2, 0.25) is 0 Å². The molecule has 0 saturated carbocycles. The number of carbonyl (C=O) groups excluding carboxylic acids is 1. The summed E-state index contributed by atoms with van der Waals surface area (Å²) in [5.74, 6) is 0.884. The fourth-order valence-electron chi connectivity index (χ4n) is 2.73. The number of aromatic nitrogens is 1. The van der Waals surface area contributed by atoms with Gasteiger partial charge in [-0.05, 0) is 42.7 Å². The highest BCUT2D eigenvalue weighted by Crippen LogP contribution is 2.28. The minimum Gasteiger partial charge on any atom is -0.493 e. The van der Waals surface area contributed by atoms with Gasteiger partial charge in [0.1, 0.15) is 11.5 Å². The number of carbonyl (C=O) groups is 1. The highest BCUT2D eigenvalue weighted by Gasteiger charge is 2.15. The molecule has 0 unspecified atom stereocenters. The number of anilines is 1. The van der Waals surface area contributed by atoms with E-state index in [9.17, 15) is 4.79 Å². The summed E-state index contributed by atoms with van der Waals surface area (Å²) < 4.78 is 11.3. The molecule has 3 N–H and O–H groups in total. The van der Waals surface area contributed by atoms with Gasteiger partial charge in [-0.1, -0.05) is 48.1 Å². The predicted molar refractivity (Wildman–Crippen MR) is 119 cm³/mol. The molecular formula is C22H24N4O3S. The van der Waals surface area contributed by atoms with E-state index in [0.29, 0.717) is 40.2 Å². The monoisotopic (exact) mass is 424 g/mol. The lowest BCUT2D eigenvalue weighted by atomic mass is 10.2. The van der Waals surface area contributed by atoms with Gasteiger partial charge in [-0.25, -0.2) is 10.4 Å². The fourth-order valence-corrected chi connectivity index (χ4v) is 3.54. The van der Waals surface area contributed by atoms with Crippen molar-refractivity contribution in [3.63, 3.8) is 0 Å². The summed E-state index contributed by atoms with van der Waals surface area (Å²) >= 11 is 1.15. The van der Waals surface area contributed by atoms with Gasteiger partial charge in [-0.3, -0.25) is 4.79 Å². The van der Waals surface area contributed by atoms with Gasteiger partial charge in [0.2, 0.25) is 0 Å². The zero-order valence-electron chi connectivity index (χ0n) is 17.1. The number of methoxy groups -OCH3 is 1. The van der Waals surface area contributed by atoms with E-state index in [0.717, 1.165) is 22.5 Å². The van der Waals surface area contributed by atoms with Crippen LogP contribution in [0.15, 0.2) is 47.6 Å². The van der Waals surface area contributed by atoms with Gasteiger partial charge in [0.25, 0.3) is 5.91 Å². The van der Waals surface area contributed by atoms with Gasteiger partial charge < -0.3 is 15.2 Å². The van der Waals surface area contributed by atoms with E-state index in [4.69, 9.17) is 15.2 Å². The van der Waals surface area contributed by atoms with Gasteiger partial charge in [0.15, 0.2) is 16.6 Å². The highest BCUT2D eigenvalue weighted by atomic mass is 32.1. The number of thiazole rings is 1. The number of hydrogen-bond acceptors (Lipinski definition) is 7. The maximum Gasteiger partial charge on any atom is 0.283 e. The van der Waals surface area contributed by atoms with Crippen molar-refractivity contribution in [2.24, 2.45) is 5.10 Å². The quantitative estimate of drug-likeness (QED) is 0.421. The molecule has 8 heteroatoms. The van der Waals surface area contributed by atoms with Gasteiger partial charge >= 0.3 is 0 Å². The second-order valence-electron chi connectivity index (χ2n) is 6.57. The first kappa shape index (κ1) is 21.3. The molecule has 30 heavy (non-hydrogen) atoms. The molecule has 0 atom stereocenters. The first-order chi connectivity index (χ1) is 14.5. The third-order valence-corrected chi connectivity index (χ3v) is 5.26. The van der Waals surface area contributed by atoms with Crippen LogP contribution in [-0.2, 0) is 13.0 Å². The van der Waals surface area contributed by atoms with Crippen LogP contribution in [-0.4, -0.2) is 24.2 Å². The summed E-state index contributed by atoms with van der Waals surface area (Å²) in [7, 11) is 1.58. The Labute approximate surface area is 179 Å². The number of nitrogens with two attached hydrogens (primary N) is 1. The van der Waals surface area contributed by atoms with Crippen LogP contribution in [0.1, 0.15) is 39.0 Å². The van der Waals surface area contributed by atoms with Crippen LogP contribution in [0.25, 0.3) is 0 Å². The average Bonchev–Trinajstić information content (AvgIpc) is 3.14. The molecule has 0 fully saturated rings. The average molecular weight is 425 g/mol. The lowest BCUT2D eigenvalue weighted by molar-refractivity contribution is 0.0958. The minimum absolute atomic E-state index is 0.331. The number of rotatable bonds is 8. The second-order valence-corrected chi connectivity index (χ2v) is 7.60. The maximum atomic E-state index is 12.3. The Morgan fingerprint density at radius 3 is 2.70 bits per heavy atom. The van der Waals surface area contributed by atoms with E-state index in [1.54, 1.807) is 19.4 Å². The van der Waals surface area contributed by atoms with Crippen molar-refractivity contribution < 1.29 is 14.3 Å². The lowest BCUT2D eigenvalue weighted by Crippen LogP contribution is -2.17. The number of nitrogen functional groups attached to an aromatic ring is 1. The molecule has 1 heterocycles. The SMILES string of the molecule is CCc1nc(N)sc1C(=O)N/N=C\c1ccc(OCc2ccc(C)cc2)c(OC)c1. The van der Waals surface area contributed by atoms with E-state index >= 15 is 0 Å². The number of hydrazone groups is 1. The Balaban J connectivity index is 1.63. The molecule has 156 valence electrons. The van der Waals surface area contributed by atoms with Crippen LogP contribution in [0.3, 0.4) is 0 Å². The first-order valence-corrected chi connectivity index (χ1v) is 10.3. The number of aryl methyl sites for hydroxylation is 2. The van der Waals surface area contributed by atoms with Gasteiger partial charge in [-0.2, -0.15) is 5.10 Å². The molecular weight excluding hydrogens is 400 g/mol. The Morgan fingerprint density at radius 2 is 2.00 bits per heavy atom. The summed E-state index contributed by atoms with van der Waals surface area (Å²) in [6.07, 6.45) is 2.17. The molecule has 3 aromatic rings. The Bertz CT molecular complexity index is 1050. The Kier molecular flexibility index (Phi) is 7.03. The van der Waals surface area contributed by atoms with Gasteiger partial charge in [-0.15, -0.1) is 0 Å². The molecule has 0 aliphatic heterocycles. The van der Waals surface area contributed by atoms with E-state index < -0.39 is 0 Å². The van der Waals surface area contributed by atoms with Crippen molar-refractivity contribution in [1.29, 1.82) is 0 Å². The zero-order chi connectivity index (χ0) is 21.5. The maximum absolute atomic E-state index is 12.3. The normalized spacial score (nSPS) is 10.9. The van der Waals surface area contributed by atoms with Crippen molar-refractivity contribution in [1.82, 2.24) is 10.4 Å². The molecule has 1 aromatic heterocycles. The Hall–Kier alpha value is -3.39. The molecule has 0 aliphatic carbocycles. The molecule has 0 spiro atoms. The number of ether oxygens (including phenoxy) is 2. The molecule has 3 rings (SSSR count). The highest BCUT2D eigenvalue weighted by molar-refractivity contribution is 7.17. The predicted octanol–water partition coefficient (Wildman–Crippen LogP) is 3.95. The van der Waals surface area contributed by atoms with Crippen molar-refractivity contribution >= 4 is 28.6 Å². The van der Waals surface area contributed by atoms with Crippen molar-refractivity contribution in [2.75, 3.05) is 12.8 Å². The van der Waals surface area contributed by atoms with E-state index in [-0.39, 0.29) is 5.91 Å². The second kappa shape index (κ2) is 9.89. The molecule has 2 aromatic carbocycles. The molecule has 0 saturated heterocycles. The lowest BCUT2D eigenvalue weighted by Gasteiger charge is -2.11. The van der Waals surface area contributed by atoms with Crippen LogP contribution < -0.4 is 20.6 Å².